The van der Waals surface area contributed by atoms with Crippen LogP contribution in [0.1, 0.15) is 85.4 Å². The molecule has 8 nitrogen and oxygen atoms in total. The molecular formula is C27H35N3O5. The summed E-state index contributed by atoms with van der Waals surface area (Å²) < 4.78 is 5.23. The van der Waals surface area contributed by atoms with Crippen molar-refractivity contribution in [3.8, 4) is 0 Å². The van der Waals surface area contributed by atoms with Gasteiger partial charge in [0.15, 0.2) is 0 Å². The van der Waals surface area contributed by atoms with Crippen molar-refractivity contribution >= 4 is 29.4 Å². The number of hydrogen-bond donors (Lipinski definition) is 0. The molecule has 0 aromatic heterocycles. The monoisotopic (exact) mass is 481 g/mol. The van der Waals surface area contributed by atoms with Crippen LogP contribution in [-0.4, -0.2) is 71.8 Å². The van der Waals surface area contributed by atoms with Gasteiger partial charge in [-0.05, 0) is 64.0 Å². The van der Waals surface area contributed by atoms with Crippen LogP contribution in [-0.2, 0) is 14.3 Å². The third-order valence-electron chi connectivity index (χ3n) is 8.14. The summed E-state index contributed by atoms with van der Waals surface area (Å²) in [6.07, 6.45) is 7.69. The summed E-state index contributed by atoms with van der Waals surface area (Å²) in [7, 11) is 0. The van der Waals surface area contributed by atoms with Crippen molar-refractivity contribution in [3.05, 3.63) is 29.3 Å². The third kappa shape index (κ3) is 4.32. The standard InChI is InChI=1S/C27H35N3O5/c1-2-35-27(34)22-11-5-6-15-29(22)24(31)18-13-16-28(17-14-18)21-12-7-10-20-23(21)26(33)30(25(20)32)19-8-3-4-9-19/h7,10,12,18-19,22H,2-6,8-9,11,13-17H2,1H3. The number of nitrogens with zero attached hydrogens (tertiary/aromatic N) is 3. The Kier molecular flexibility index (Phi) is 6.80. The largest absolute Gasteiger partial charge is 0.464 e. The molecule has 35 heavy (non-hydrogen) atoms. The minimum absolute atomic E-state index is 0.00972. The van der Waals surface area contributed by atoms with E-state index in [1.807, 2.05) is 12.1 Å². The summed E-state index contributed by atoms with van der Waals surface area (Å²) in [5, 5.41) is 0. The van der Waals surface area contributed by atoms with Crippen LogP contribution in [0.25, 0.3) is 0 Å². The van der Waals surface area contributed by atoms with E-state index in [0.717, 1.165) is 44.2 Å². The molecule has 3 heterocycles. The van der Waals surface area contributed by atoms with Gasteiger partial charge < -0.3 is 14.5 Å². The maximum Gasteiger partial charge on any atom is 0.328 e. The van der Waals surface area contributed by atoms with E-state index >= 15 is 0 Å². The SMILES string of the molecule is CCOC(=O)C1CCCCN1C(=O)C1CCN(c2cccc3c2C(=O)N(C2CCCC2)C3=O)CC1. The van der Waals surface area contributed by atoms with E-state index in [9.17, 15) is 19.2 Å². The molecule has 1 atom stereocenters. The van der Waals surface area contributed by atoms with Crippen LogP contribution in [0, 0.1) is 5.92 Å². The highest BCUT2D eigenvalue weighted by atomic mass is 16.5. The fraction of sp³-hybridized carbons (Fsp3) is 0.630. The van der Waals surface area contributed by atoms with Gasteiger partial charge in [-0.2, -0.15) is 0 Å². The molecule has 0 N–H and O–H groups in total. The van der Waals surface area contributed by atoms with Crippen LogP contribution >= 0.6 is 0 Å². The predicted molar refractivity (Wildman–Crippen MR) is 130 cm³/mol. The first-order valence-corrected chi connectivity index (χ1v) is 13.2. The number of piperidine rings is 2. The summed E-state index contributed by atoms with van der Waals surface area (Å²) in [4.78, 5) is 57.6. The Balaban J connectivity index is 1.28. The summed E-state index contributed by atoms with van der Waals surface area (Å²) in [5.74, 6) is -0.743. The molecule has 8 heteroatoms. The highest BCUT2D eigenvalue weighted by Crippen LogP contribution is 2.37. The number of likely N-dealkylation sites (tertiary alicyclic amines) is 1. The zero-order valence-corrected chi connectivity index (χ0v) is 20.5. The number of imide groups is 1. The van der Waals surface area contributed by atoms with Gasteiger partial charge in [-0.25, -0.2) is 4.79 Å². The molecule has 3 fully saturated rings. The average Bonchev–Trinajstić information content (AvgIpc) is 3.50. The highest BCUT2D eigenvalue weighted by molar-refractivity contribution is 6.24. The zero-order valence-electron chi connectivity index (χ0n) is 20.5. The minimum atomic E-state index is -0.475. The lowest BCUT2D eigenvalue weighted by Gasteiger charge is -2.39. The van der Waals surface area contributed by atoms with Gasteiger partial charge >= 0.3 is 5.97 Å². The van der Waals surface area contributed by atoms with E-state index in [1.165, 1.54) is 4.90 Å². The maximum atomic E-state index is 13.4. The summed E-state index contributed by atoms with van der Waals surface area (Å²) in [6, 6.07) is 5.07. The molecule has 1 aromatic rings. The molecule has 188 valence electrons. The molecule has 1 saturated carbocycles. The van der Waals surface area contributed by atoms with Crippen LogP contribution in [0.4, 0.5) is 5.69 Å². The molecule has 2 saturated heterocycles. The van der Waals surface area contributed by atoms with E-state index in [2.05, 4.69) is 4.90 Å². The Bertz CT molecular complexity index is 1010. The molecule has 1 aliphatic carbocycles. The van der Waals surface area contributed by atoms with E-state index in [1.54, 1.807) is 17.9 Å². The molecule has 0 spiro atoms. The normalized spacial score (nSPS) is 23.7. The zero-order chi connectivity index (χ0) is 24.5. The Morgan fingerprint density at radius 3 is 2.34 bits per heavy atom. The first-order valence-electron chi connectivity index (χ1n) is 13.2. The molecule has 1 unspecified atom stereocenters. The van der Waals surface area contributed by atoms with Gasteiger partial charge in [0, 0.05) is 31.6 Å². The lowest BCUT2D eigenvalue weighted by atomic mass is 9.91. The van der Waals surface area contributed by atoms with E-state index in [-0.39, 0.29) is 35.7 Å². The first-order chi connectivity index (χ1) is 17.0. The number of esters is 1. The number of fused-ring (bicyclic) bond motifs is 1. The summed E-state index contributed by atoms with van der Waals surface area (Å²) >= 11 is 0. The number of ether oxygens (including phenoxy) is 1. The Labute approximate surface area is 206 Å². The summed E-state index contributed by atoms with van der Waals surface area (Å²) in [6.45, 7) is 3.97. The number of hydrogen-bond acceptors (Lipinski definition) is 6. The molecular weight excluding hydrogens is 446 g/mol. The van der Waals surface area contributed by atoms with Gasteiger partial charge in [-0.3, -0.25) is 19.3 Å². The first kappa shape index (κ1) is 23.8. The van der Waals surface area contributed by atoms with Crippen molar-refractivity contribution in [1.82, 2.24) is 9.80 Å². The fourth-order valence-corrected chi connectivity index (χ4v) is 6.32. The average molecular weight is 482 g/mol. The highest BCUT2D eigenvalue weighted by Gasteiger charge is 2.43. The number of benzene rings is 1. The predicted octanol–water partition coefficient (Wildman–Crippen LogP) is 3.39. The van der Waals surface area contributed by atoms with Gasteiger partial charge in [0.2, 0.25) is 5.91 Å². The van der Waals surface area contributed by atoms with Crippen molar-refractivity contribution < 1.29 is 23.9 Å². The van der Waals surface area contributed by atoms with E-state index in [4.69, 9.17) is 4.74 Å². The Morgan fingerprint density at radius 1 is 0.914 bits per heavy atom. The quantitative estimate of drug-likeness (QED) is 0.473. The van der Waals surface area contributed by atoms with Gasteiger partial charge in [0.05, 0.1) is 23.4 Å². The smallest absolute Gasteiger partial charge is 0.328 e. The van der Waals surface area contributed by atoms with Crippen molar-refractivity contribution in [1.29, 1.82) is 0 Å². The van der Waals surface area contributed by atoms with Gasteiger partial charge in [0.1, 0.15) is 6.04 Å². The van der Waals surface area contributed by atoms with Crippen LogP contribution in [0.3, 0.4) is 0 Å². The second-order valence-corrected chi connectivity index (χ2v) is 10.2. The molecule has 1 aromatic carbocycles. The second kappa shape index (κ2) is 9.99. The van der Waals surface area contributed by atoms with Crippen LogP contribution in [0.15, 0.2) is 18.2 Å². The van der Waals surface area contributed by atoms with Crippen molar-refractivity contribution in [2.45, 2.75) is 76.8 Å². The third-order valence-corrected chi connectivity index (χ3v) is 8.14. The van der Waals surface area contributed by atoms with Gasteiger partial charge in [-0.15, -0.1) is 0 Å². The molecule has 0 radical (unpaired) electrons. The second-order valence-electron chi connectivity index (χ2n) is 10.2. The van der Waals surface area contributed by atoms with E-state index < -0.39 is 6.04 Å². The maximum absolute atomic E-state index is 13.4. The van der Waals surface area contributed by atoms with Crippen molar-refractivity contribution in [3.63, 3.8) is 0 Å². The Morgan fingerprint density at radius 2 is 1.63 bits per heavy atom. The fourth-order valence-electron chi connectivity index (χ4n) is 6.32. The van der Waals surface area contributed by atoms with Crippen molar-refractivity contribution in [2.24, 2.45) is 5.92 Å². The molecule has 4 aliphatic rings. The summed E-state index contributed by atoms with van der Waals surface area (Å²) in [5.41, 5.74) is 1.82. The topological polar surface area (TPSA) is 87.2 Å². The minimum Gasteiger partial charge on any atom is -0.464 e. The molecule has 5 rings (SSSR count). The van der Waals surface area contributed by atoms with Crippen LogP contribution in [0.5, 0.6) is 0 Å². The van der Waals surface area contributed by atoms with Gasteiger partial charge in [-0.1, -0.05) is 18.9 Å². The lowest BCUT2D eigenvalue weighted by molar-refractivity contribution is -0.158. The number of carbonyl (C=O) groups is 4. The molecule has 3 amide bonds. The molecule has 0 bridgehead atoms. The number of anilines is 1. The lowest BCUT2D eigenvalue weighted by Crippen LogP contribution is -2.52. The number of amides is 3. The van der Waals surface area contributed by atoms with Crippen LogP contribution < -0.4 is 4.90 Å². The molecule has 3 aliphatic heterocycles. The number of rotatable bonds is 5. The number of carbonyl (C=O) groups excluding carboxylic acids is 4. The van der Waals surface area contributed by atoms with Crippen LogP contribution in [0.2, 0.25) is 0 Å². The van der Waals surface area contributed by atoms with Gasteiger partial charge in [0.25, 0.3) is 11.8 Å². The van der Waals surface area contributed by atoms with E-state index in [0.29, 0.717) is 56.6 Å². The van der Waals surface area contributed by atoms with Crippen molar-refractivity contribution in [2.75, 3.05) is 31.1 Å². The Hall–Kier alpha value is -2.90.